The first-order chi connectivity index (χ1) is 11.3. The van der Waals surface area contributed by atoms with Gasteiger partial charge in [0.2, 0.25) is 0 Å². The predicted octanol–water partition coefficient (Wildman–Crippen LogP) is 4.75. The Balaban J connectivity index is 2.08. The number of nitrogens with zero attached hydrogens (tertiary/aromatic N) is 1. The Morgan fingerprint density at radius 3 is 2.17 bits per heavy atom. The third-order valence-corrected chi connectivity index (χ3v) is 3.91. The average molecular weight is 337 g/mol. The van der Waals surface area contributed by atoms with Gasteiger partial charge in [-0.3, -0.25) is 0 Å². The van der Waals surface area contributed by atoms with Gasteiger partial charge in [0.1, 0.15) is 0 Å². The Bertz CT molecular complexity index is 662. The van der Waals surface area contributed by atoms with Crippen molar-refractivity contribution in [2.24, 2.45) is 0 Å². The molecular formula is C18H22F3N3. The molecule has 0 aromatic heterocycles. The van der Waals surface area contributed by atoms with Crippen LogP contribution in [0.15, 0.2) is 42.5 Å². The molecule has 0 aliphatic heterocycles. The molecule has 3 N–H and O–H groups in total. The number of rotatable bonds is 6. The van der Waals surface area contributed by atoms with Crippen molar-refractivity contribution in [2.75, 3.05) is 29.0 Å². The van der Waals surface area contributed by atoms with Crippen molar-refractivity contribution in [3.05, 3.63) is 53.6 Å². The Labute approximate surface area is 140 Å². The van der Waals surface area contributed by atoms with E-state index in [-0.39, 0.29) is 0 Å². The summed E-state index contributed by atoms with van der Waals surface area (Å²) in [6, 6.07) is 10.8. The SMILES string of the molecule is CCN(CC)c1cc(NCc2ccc(C(F)(F)F)cc2)ccc1N. The van der Waals surface area contributed by atoms with Gasteiger partial charge in [0.25, 0.3) is 0 Å². The van der Waals surface area contributed by atoms with Crippen LogP contribution in [0.1, 0.15) is 25.0 Å². The van der Waals surface area contributed by atoms with Crippen LogP contribution in [-0.2, 0) is 12.7 Å². The van der Waals surface area contributed by atoms with Gasteiger partial charge in [0, 0.05) is 25.3 Å². The van der Waals surface area contributed by atoms with E-state index in [1.165, 1.54) is 12.1 Å². The van der Waals surface area contributed by atoms with E-state index in [2.05, 4.69) is 24.1 Å². The number of nitrogens with one attached hydrogen (secondary N) is 1. The fraction of sp³-hybridized carbons (Fsp3) is 0.333. The van der Waals surface area contributed by atoms with E-state index in [0.717, 1.165) is 42.2 Å². The van der Waals surface area contributed by atoms with E-state index in [1.54, 1.807) is 0 Å². The summed E-state index contributed by atoms with van der Waals surface area (Å²) in [7, 11) is 0. The second kappa shape index (κ2) is 7.47. The quantitative estimate of drug-likeness (QED) is 0.748. The van der Waals surface area contributed by atoms with Gasteiger partial charge >= 0.3 is 6.18 Å². The molecule has 0 bridgehead atoms. The lowest BCUT2D eigenvalue weighted by Gasteiger charge is -2.23. The Morgan fingerprint density at radius 1 is 1.00 bits per heavy atom. The van der Waals surface area contributed by atoms with Crippen LogP contribution in [0.5, 0.6) is 0 Å². The minimum Gasteiger partial charge on any atom is -0.397 e. The molecule has 2 aromatic rings. The van der Waals surface area contributed by atoms with Crippen molar-refractivity contribution in [2.45, 2.75) is 26.6 Å². The van der Waals surface area contributed by atoms with Crippen LogP contribution >= 0.6 is 0 Å². The number of benzene rings is 2. The molecule has 0 radical (unpaired) electrons. The summed E-state index contributed by atoms with van der Waals surface area (Å²) in [4.78, 5) is 2.15. The molecule has 3 nitrogen and oxygen atoms in total. The van der Waals surface area contributed by atoms with Gasteiger partial charge < -0.3 is 16.0 Å². The Morgan fingerprint density at radius 2 is 1.62 bits per heavy atom. The highest BCUT2D eigenvalue weighted by Gasteiger charge is 2.29. The smallest absolute Gasteiger partial charge is 0.397 e. The largest absolute Gasteiger partial charge is 0.416 e. The number of nitrogens with two attached hydrogens (primary N) is 1. The highest BCUT2D eigenvalue weighted by atomic mass is 19.4. The first-order valence-corrected chi connectivity index (χ1v) is 7.89. The van der Waals surface area contributed by atoms with Gasteiger partial charge in [-0.2, -0.15) is 13.2 Å². The fourth-order valence-corrected chi connectivity index (χ4v) is 2.51. The number of hydrogen-bond acceptors (Lipinski definition) is 3. The highest BCUT2D eigenvalue weighted by Crippen LogP contribution is 2.30. The minimum absolute atomic E-state index is 0.444. The van der Waals surface area contributed by atoms with Crippen LogP contribution in [0.25, 0.3) is 0 Å². The van der Waals surface area contributed by atoms with Crippen LogP contribution in [0.4, 0.5) is 30.2 Å². The van der Waals surface area contributed by atoms with Crippen molar-refractivity contribution in [3.8, 4) is 0 Å². The number of anilines is 3. The number of hydrogen-bond donors (Lipinski definition) is 2. The molecule has 0 saturated carbocycles. The first-order valence-electron chi connectivity index (χ1n) is 7.89. The molecule has 0 spiro atoms. The zero-order valence-electron chi connectivity index (χ0n) is 13.8. The zero-order chi connectivity index (χ0) is 17.7. The molecule has 2 aromatic carbocycles. The summed E-state index contributed by atoms with van der Waals surface area (Å²) in [5, 5.41) is 3.23. The van der Waals surface area contributed by atoms with E-state index >= 15 is 0 Å². The molecule has 0 unspecified atom stereocenters. The summed E-state index contributed by atoms with van der Waals surface area (Å²) in [5.74, 6) is 0. The van der Waals surface area contributed by atoms with E-state index < -0.39 is 11.7 Å². The van der Waals surface area contributed by atoms with Crippen LogP contribution < -0.4 is 16.0 Å². The van der Waals surface area contributed by atoms with Gasteiger partial charge in [-0.05, 0) is 49.7 Å². The van der Waals surface area contributed by atoms with Gasteiger partial charge in [-0.1, -0.05) is 12.1 Å². The summed E-state index contributed by atoms with van der Waals surface area (Å²) >= 11 is 0. The molecule has 0 atom stereocenters. The lowest BCUT2D eigenvalue weighted by Crippen LogP contribution is -2.23. The third kappa shape index (κ3) is 4.34. The molecule has 0 amide bonds. The van der Waals surface area contributed by atoms with Crippen LogP contribution in [0.2, 0.25) is 0 Å². The van der Waals surface area contributed by atoms with E-state index in [0.29, 0.717) is 12.2 Å². The Hall–Kier alpha value is -2.37. The van der Waals surface area contributed by atoms with Crippen molar-refractivity contribution in [1.29, 1.82) is 0 Å². The molecule has 130 valence electrons. The summed E-state index contributed by atoms with van der Waals surface area (Å²) in [5.41, 5.74) is 8.72. The summed E-state index contributed by atoms with van der Waals surface area (Å²) < 4.78 is 37.7. The molecule has 0 saturated heterocycles. The molecule has 0 fully saturated rings. The van der Waals surface area contributed by atoms with Crippen LogP contribution in [0, 0.1) is 0 Å². The van der Waals surface area contributed by atoms with Gasteiger partial charge in [-0.25, -0.2) is 0 Å². The van der Waals surface area contributed by atoms with Crippen LogP contribution in [-0.4, -0.2) is 13.1 Å². The van der Waals surface area contributed by atoms with Gasteiger partial charge in [0.15, 0.2) is 0 Å². The number of alkyl halides is 3. The van der Waals surface area contributed by atoms with E-state index in [4.69, 9.17) is 5.73 Å². The van der Waals surface area contributed by atoms with Crippen molar-refractivity contribution < 1.29 is 13.2 Å². The summed E-state index contributed by atoms with van der Waals surface area (Å²) in [6.07, 6.45) is -4.30. The second-order valence-corrected chi connectivity index (χ2v) is 5.49. The van der Waals surface area contributed by atoms with Crippen LogP contribution in [0.3, 0.4) is 0 Å². The molecule has 24 heavy (non-hydrogen) atoms. The van der Waals surface area contributed by atoms with Crippen molar-refractivity contribution >= 4 is 17.1 Å². The standard InChI is InChI=1S/C18H22F3N3/c1-3-24(4-2)17-11-15(9-10-16(17)22)23-12-13-5-7-14(8-6-13)18(19,20)21/h5-11,23H,3-4,12,22H2,1-2H3. The van der Waals surface area contributed by atoms with Crippen molar-refractivity contribution in [1.82, 2.24) is 0 Å². The zero-order valence-corrected chi connectivity index (χ0v) is 13.8. The maximum absolute atomic E-state index is 12.6. The van der Waals surface area contributed by atoms with Gasteiger partial charge in [0.05, 0.1) is 16.9 Å². The van der Waals surface area contributed by atoms with E-state index in [9.17, 15) is 13.2 Å². The molecule has 2 rings (SSSR count). The topological polar surface area (TPSA) is 41.3 Å². The number of halogens is 3. The molecular weight excluding hydrogens is 315 g/mol. The maximum Gasteiger partial charge on any atom is 0.416 e. The fourth-order valence-electron chi connectivity index (χ4n) is 2.51. The maximum atomic E-state index is 12.6. The molecule has 0 heterocycles. The van der Waals surface area contributed by atoms with Gasteiger partial charge in [-0.15, -0.1) is 0 Å². The molecule has 0 aliphatic carbocycles. The van der Waals surface area contributed by atoms with Crippen molar-refractivity contribution in [3.63, 3.8) is 0 Å². The molecule has 0 aliphatic rings. The monoisotopic (exact) mass is 337 g/mol. The lowest BCUT2D eigenvalue weighted by molar-refractivity contribution is -0.137. The number of nitrogen functional groups attached to an aromatic ring is 1. The predicted molar refractivity (Wildman–Crippen MR) is 93.2 cm³/mol. The first kappa shape index (κ1) is 18.0. The highest BCUT2D eigenvalue weighted by molar-refractivity contribution is 5.73. The average Bonchev–Trinajstić information content (AvgIpc) is 2.56. The third-order valence-electron chi connectivity index (χ3n) is 3.91. The second-order valence-electron chi connectivity index (χ2n) is 5.49. The summed E-state index contributed by atoms with van der Waals surface area (Å²) in [6.45, 7) is 6.27. The normalized spacial score (nSPS) is 11.4. The Kier molecular flexibility index (Phi) is 5.59. The minimum atomic E-state index is -4.30. The lowest BCUT2D eigenvalue weighted by atomic mass is 10.1. The van der Waals surface area contributed by atoms with E-state index in [1.807, 2.05) is 18.2 Å². The molecule has 6 heteroatoms.